The van der Waals surface area contributed by atoms with Crippen molar-refractivity contribution < 1.29 is 9.53 Å². The minimum Gasteiger partial charge on any atom is -0.496 e. The number of rotatable bonds is 4. The number of halogens is 3. The third kappa shape index (κ3) is 4.37. The molecule has 1 aromatic heterocycles. The maximum atomic E-state index is 12.3. The highest BCUT2D eigenvalue weighted by molar-refractivity contribution is 9.10. The first-order valence-electron chi connectivity index (χ1n) is 7.78. The van der Waals surface area contributed by atoms with Crippen LogP contribution in [0, 0.1) is 0 Å². The van der Waals surface area contributed by atoms with Crippen molar-refractivity contribution in [2.45, 2.75) is 0 Å². The van der Waals surface area contributed by atoms with Crippen LogP contribution in [0.4, 0.5) is 16.2 Å². The fourth-order valence-electron chi connectivity index (χ4n) is 2.56. The van der Waals surface area contributed by atoms with Crippen LogP contribution >= 0.6 is 39.1 Å². The number of aryl methyl sites for hydroxylation is 1. The van der Waals surface area contributed by atoms with Crippen LogP contribution in [0.1, 0.15) is 0 Å². The zero-order chi connectivity index (χ0) is 19.6. The van der Waals surface area contributed by atoms with Crippen molar-refractivity contribution in [3.8, 4) is 17.0 Å². The van der Waals surface area contributed by atoms with Crippen molar-refractivity contribution >= 4 is 56.5 Å². The van der Waals surface area contributed by atoms with E-state index in [0.717, 1.165) is 15.7 Å². The summed E-state index contributed by atoms with van der Waals surface area (Å²) in [6.45, 7) is 0. The van der Waals surface area contributed by atoms with Gasteiger partial charge in [-0.1, -0.05) is 23.2 Å². The molecule has 0 saturated carbocycles. The van der Waals surface area contributed by atoms with Gasteiger partial charge in [0.05, 0.1) is 34.2 Å². The molecule has 27 heavy (non-hydrogen) atoms. The standard InChI is InChI=1S/C18H15BrCl2N4O2/c1-25-17(13(19)9-22-25)12-8-11(4-6-16(12)27-2)23-18(26)24-15-5-3-10(20)7-14(15)21/h3-9H,1-2H3,(H2,23,24,26). The Kier molecular flexibility index (Phi) is 5.94. The van der Waals surface area contributed by atoms with Crippen LogP contribution in [0.15, 0.2) is 47.1 Å². The molecule has 0 aliphatic rings. The molecule has 9 heteroatoms. The molecule has 0 bridgehead atoms. The second kappa shape index (κ2) is 8.21. The molecule has 0 spiro atoms. The van der Waals surface area contributed by atoms with E-state index in [4.69, 9.17) is 27.9 Å². The SMILES string of the molecule is COc1ccc(NC(=O)Nc2ccc(Cl)cc2Cl)cc1-c1c(Br)cnn1C. The third-order valence-electron chi connectivity index (χ3n) is 3.79. The third-order valence-corrected chi connectivity index (χ3v) is 4.91. The van der Waals surface area contributed by atoms with E-state index < -0.39 is 6.03 Å². The molecule has 3 aromatic rings. The average molecular weight is 470 g/mol. The summed E-state index contributed by atoms with van der Waals surface area (Å²) in [6, 6.07) is 9.74. The van der Waals surface area contributed by atoms with Crippen molar-refractivity contribution in [3.63, 3.8) is 0 Å². The molecule has 140 valence electrons. The minimum atomic E-state index is -0.431. The van der Waals surface area contributed by atoms with Crippen molar-refractivity contribution in [1.82, 2.24) is 9.78 Å². The highest BCUT2D eigenvalue weighted by atomic mass is 79.9. The molecule has 0 aliphatic heterocycles. The van der Waals surface area contributed by atoms with Gasteiger partial charge in [-0.3, -0.25) is 4.68 Å². The van der Waals surface area contributed by atoms with Crippen LogP contribution < -0.4 is 15.4 Å². The number of aromatic nitrogens is 2. The molecular weight excluding hydrogens is 455 g/mol. The summed E-state index contributed by atoms with van der Waals surface area (Å²) in [5.74, 6) is 0.658. The molecule has 0 aliphatic carbocycles. The van der Waals surface area contributed by atoms with E-state index in [1.165, 1.54) is 0 Å². The monoisotopic (exact) mass is 468 g/mol. The van der Waals surface area contributed by atoms with Crippen LogP contribution in [0.25, 0.3) is 11.3 Å². The van der Waals surface area contributed by atoms with E-state index in [-0.39, 0.29) is 0 Å². The molecule has 0 unspecified atom stereocenters. The van der Waals surface area contributed by atoms with Crippen LogP contribution in [0.2, 0.25) is 10.0 Å². The van der Waals surface area contributed by atoms with Gasteiger partial charge in [-0.05, 0) is 52.3 Å². The summed E-state index contributed by atoms with van der Waals surface area (Å²) in [5, 5.41) is 10.5. The van der Waals surface area contributed by atoms with E-state index in [0.29, 0.717) is 27.2 Å². The number of methoxy groups -OCH3 is 1. The number of nitrogens with one attached hydrogen (secondary N) is 2. The zero-order valence-corrected chi connectivity index (χ0v) is 17.5. The summed E-state index contributed by atoms with van der Waals surface area (Å²) in [5.41, 5.74) is 2.66. The summed E-state index contributed by atoms with van der Waals surface area (Å²) < 4.78 is 7.98. The quantitative estimate of drug-likeness (QED) is 0.506. The van der Waals surface area contributed by atoms with Gasteiger partial charge in [-0.2, -0.15) is 5.10 Å². The Labute approximate surface area is 174 Å². The molecule has 0 atom stereocenters. The highest BCUT2D eigenvalue weighted by Crippen LogP contribution is 2.36. The fourth-order valence-corrected chi connectivity index (χ4v) is 3.58. The summed E-state index contributed by atoms with van der Waals surface area (Å²) in [4.78, 5) is 12.3. The van der Waals surface area contributed by atoms with E-state index in [2.05, 4.69) is 31.7 Å². The van der Waals surface area contributed by atoms with Crippen molar-refractivity contribution in [2.24, 2.45) is 7.05 Å². The number of nitrogens with zero attached hydrogens (tertiary/aromatic N) is 2. The minimum absolute atomic E-state index is 0.354. The Balaban J connectivity index is 1.85. The smallest absolute Gasteiger partial charge is 0.323 e. The molecule has 6 nitrogen and oxygen atoms in total. The van der Waals surface area contributed by atoms with Gasteiger partial charge in [0.15, 0.2) is 0 Å². The van der Waals surface area contributed by atoms with Gasteiger partial charge in [-0.25, -0.2) is 4.79 Å². The number of hydrogen-bond donors (Lipinski definition) is 2. The normalized spacial score (nSPS) is 10.6. The number of urea groups is 1. The number of hydrogen-bond acceptors (Lipinski definition) is 3. The Morgan fingerprint density at radius 3 is 2.59 bits per heavy atom. The summed E-state index contributed by atoms with van der Waals surface area (Å²) in [7, 11) is 3.42. The van der Waals surface area contributed by atoms with Crippen LogP contribution in [-0.2, 0) is 7.05 Å². The molecule has 0 fully saturated rings. The predicted molar refractivity (Wildman–Crippen MR) is 112 cm³/mol. The van der Waals surface area contributed by atoms with Gasteiger partial charge in [0, 0.05) is 23.3 Å². The largest absolute Gasteiger partial charge is 0.496 e. The van der Waals surface area contributed by atoms with Crippen LogP contribution in [-0.4, -0.2) is 22.9 Å². The molecule has 2 amide bonds. The van der Waals surface area contributed by atoms with Gasteiger partial charge in [0.1, 0.15) is 5.75 Å². The molecule has 1 heterocycles. The number of ether oxygens (including phenoxy) is 1. The molecule has 0 saturated heterocycles. The van der Waals surface area contributed by atoms with E-state index >= 15 is 0 Å². The van der Waals surface area contributed by atoms with Crippen LogP contribution in [0.3, 0.4) is 0 Å². The Hall–Kier alpha value is -2.22. The number of carbonyl (C=O) groups excluding carboxylic acids is 1. The highest BCUT2D eigenvalue weighted by Gasteiger charge is 2.15. The molecular formula is C18H15BrCl2N4O2. The van der Waals surface area contributed by atoms with Gasteiger partial charge in [0.25, 0.3) is 0 Å². The first kappa shape index (κ1) is 19.5. The molecule has 0 radical (unpaired) electrons. The fraction of sp³-hybridized carbons (Fsp3) is 0.111. The van der Waals surface area contributed by atoms with Gasteiger partial charge in [-0.15, -0.1) is 0 Å². The maximum absolute atomic E-state index is 12.3. The van der Waals surface area contributed by atoms with Crippen molar-refractivity contribution in [3.05, 3.63) is 57.1 Å². The van der Waals surface area contributed by atoms with E-state index in [1.54, 1.807) is 48.3 Å². The number of anilines is 2. The molecule has 3 rings (SSSR count). The summed E-state index contributed by atoms with van der Waals surface area (Å²) in [6.07, 6.45) is 1.70. The lowest BCUT2D eigenvalue weighted by Crippen LogP contribution is -2.19. The van der Waals surface area contributed by atoms with Crippen LogP contribution in [0.5, 0.6) is 5.75 Å². The second-order valence-corrected chi connectivity index (χ2v) is 7.28. The molecule has 2 N–H and O–H groups in total. The first-order valence-corrected chi connectivity index (χ1v) is 9.33. The number of benzene rings is 2. The lowest BCUT2D eigenvalue weighted by molar-refractivity contribution is 0.262. The van der Waals surface area contributed by atoms with Gasteiger partial charge >= 0.3 is 6.03 Å². The van der Waals surface area contributed by atoms with Crippen molar-refractivity contribution in [2.75, 3.05) is 17.7 Å². The Morgan fingerprint density at radius 2 is 1.96 bits per heavy atom. The second-order valence-electron chi connectivity index (χ2n) is 5.58. The first-order chi connectivity index (χ1) is 12.9. The molecule has 2 aromatic carbocycles. The Bertz CT molecular complexity index is 988. The number of carbonyl (C=O) groups is 1. The summed E-state index contributed by atoms with van der Waals surface area (Å²) >= 11 is 15.4. The zero-order valence-electron chi connectivity index (χ0n) is 14.4. The topological polar surface area (TPSA) is 68.2 Å². The van der Waals surface area contributed by atoms with Crippen molar-refractivity contribution in [1.29, 1.82) is 0 Å². The van der Waals surface area contributed by atoms with E-state index in [9.17, 15) is 4.79 Å². The van der Waals surface area contributed by atoms with Gasteiger partial charge in [0.2, 0.25) is 0 Å². The predicted octanol–water partition coefficient (Wildman–Crippen LogP) is 5.81. The van der Waals surface area contributed by atoms with Gasteiger partial charge < -0.3 is 15.4 Å². The lowest BCUT2D eigenvalue weighted by atomic mass is 10.1. The number of amides is 2. The lowest BCUT2D eigenvalue weighted by Gasteiger charge is -2.13. The van der Waals surface area contributed by atoms with E-state index in [1.807, 2.05) is 13.1 Å². The average Bonchev–Trinajstić information content (AvgIpc) is 2.96. The maximum Gasteiger partial charge on any atom is 0.323 e. The Morgan fingerprint density at radius 1 is 1.19 bits per heavy atom.